The van der Waals surface area contributed by atoms with E-state index in [1.807, 2.05) is 0 Å². The van der Waals surface area contributed by atoms with Gasteiger partial charge in [-0.15, -0.1) is 0 Å². The fourth-order valence-corrected chi connectivity index (χ4v) is 1.74. The molecule has 16 heavy (non-hydrogen) atoms. The molecule has 1 aliphatic heterocycles. The molecule has 1 unspecified atom stereocenters. The van der Waals surface area contributed by atoms with E-state index in [1.165, 1.54) is 0 Å². The van der Waals surface area contributed by atoms with Gasteiger partial charge in [0.2, 0.25) is 5.91 Å². The van der Waals surface area contributed by atoms with E-state index in [1.54, 1.807) is 13.8 Å². The summed E-state index contributed by atoms with van der Waals surface area (Å²) in [6.45, 7) is 4.88. The zero-order chi connectivity index (χ0) is 12.2. The fraction of sp³-hybridized carbons (Fsp3) is 0.818. The van der Waals surface area contributed by atoms with Crippen molar-refractivity contribution in [2.45, 2.75) is 38.6 Å². The van der Waals surface area contributed by atoms with E-state index in [2.05, 4.69) is 10.6 Å². The zero-order valence-electron chi connectivity index (χ0n) is 9.88. The number of carboxylic acids is 1. The summed E-state index contributed by atoms with van der Waals surface area (Å²) in [5.74, 6) is -1.23. The molecule has 3 N–H and O–H groups in total. The monoisotopic (exact) mass is 228 g/mol. The third kappa shape index (κ3) is 2.95. The van der Waals surface area contributed by atoms with Gasteiger partial charge in [-0.2, -0.15) is 0 Å². The van der Waals surface area contributed by atoms with Crippen LogP contribution in [0.25, 0.3) is 0 Å². The Kier molecular flexibility index (Phi) is 4.29. The van der Waals surface area contributed by atoms with Gasteiger partial charge < -0.3 is 15.7 Å². The second-order valence-corrected chi connectivity index (χ2v) is 4.52. The van der Waals surface area contributed by atoms with Crippen LogP contribution in [-0.4, -0.2) is 35.6 Å². The standard InChI is InChI=1S/C11H20N2O3/c1-3-11(2,10(15)16)13-9(14)8-5-4-6-12-7-8/h8,12H,3-7H2,1-2H3,(H,13,14)(H,15,16)/t8-,11?/m0/s1. The smallest absolute Gasteiger partial charge is 0.329 e. The molecule has 1 rings (SSSR count). The van der Waals surface area contributed by atoms with Crippen molar-refractivity contribution in [2.75, 3.05) is 13.1 Å². The lowest BCUT2D eigenvalue weighted by atomic mass is 9.94. The first-order valence-electron chi connectivity index (χ1n) is 5.75. The first kappa shape index (κ1) is 13.0. The summed E-state index contributed by atoms with van der Waals surface area (Å²) in [5.41, 5.74) is -1.14. The zero-order valence-corrected chi connectivity index (χ0v) is 9.88. The SMILES string of the molecule is CCC(C)(NC(=O)[C@H]1CCCNC1)C(=O)O. The Bertz CT molecular complexity index is 274. The summed E-state index contributed by atoms with van der Waals surface area (Å²) in [6.07, 6.45) is 2.18. The Balaban J connectivity index is 2.57. The molecule has 0 aromatic rings. The summed E-state index contributed by atoms with van der Waals surface area (Å²) < 4.78 is 0. The molecule has 0 radical (unpaired) electrons. The molecule has 0 aromatic carbocycles. The molecule has 5 heteroatoms. The molecule has 0 bridgehead atoms. The topological polar surface area (TPSA) is 78.4 Å². The van der Waals surface area contributed by atoms with Gasteiger partial charge >= 0.3 is 5.97 Å². The first-order valence-corrected chi connectivity index (χ1v) is 5.75. The van der Waals surface area contributed by atoms with Crippen molar-refractivity contribution < 1.29 is 14.7 Å². The molecule has 1 heterocycles. The molecule has 0 aromatic heterocycles. The number of hydrogen-bond acceptors (Lipinski definition) is 3. The lowest BCUT2D eigenvalue weighted by molar-refractivity contribution is -0.147. The van der Waals surface area contributed by atoms with Gasteiger partial charge in [-0.25, -0.2) is 4.79 Å². The number of carboxylic acid groups (broad SMARTS) is 1. The van der Waals surface area contributed by atoms with Gasteiger partial charge in [0.05, 0.1) is 5.92 Å². The molecular weight excluding hydrogens is 208 g/mol. The van der Waals surface area contributed by atoms with E-state index in [9.17, 15) is 9.59 Å². The summed E-state index contributed by atoms with van der Waals surface area (Å²) in [6, 6.07) is 0. The van der Waals surface area contributed by atoms with Crippen LogP contribution >= 0.6 is 0 Å². The number of rotatable bonds is 4. The molecule has 1 saturated heterocycles. The van der Waals surface area contributed by atoms with Crippen LogP contribution in [0.1, 0.15) is 33.1 Å². The Morgan fingerprint density at radius 3 is 2.69 bits per heavy atom. The molecule has 1 amide bonds. The minimum absolute atomic E-state index is 0.0982. The Hall–Kier alpha value is -1.10. The predicted octanol–water partition coefficient (Wildman–Crippen LogP) is 0.356. The number of carbonyl (C=O) groups is 2. The highest BCUT2D eigenvalue weighted by molar-refractivity contribution is 5.87. The highest BCUT2D eigenvalue weighted by Gasteiger charge is 2.35. The van der Waals surface area contributed by atoms with E-state index in [4.69, 9.17) is 5.11 Å². The van der Waals surface area contributed by atoms with Crippen LogP contribution in [-0.2, 0) is 9.59 Å². The van der Waals surface area contributed by atoms with Gasteiger partial charge in [0, 0.05) is 6.54 Å². The lowest BCUT2D eigenvalue weighted by Crippen LogP contribution is -2.54. The number of piperidine rings is 1. The Morgan fingerprint density at radius 1 is 1.56 bits per heavy atom. The summed E-state index contributed by atoms with van der Waals surface area (Å²) in [5, 5.41) is 14.8. The second-order valence-electron chi connectivity index (χ2n) is 4.52. The van der Waals surface area contributed by atoms with Crippen LogP contribution in [0.15, 0.2) is 0 Å². The van der Waals surface area contributed by atoms with Crippen LogP contribution in [0.3, 0.4) is 0 Å². The van der Waals surface area contributed by atoms with Crippen molar-refractivity contribution in [2.24, 2.45) is 5.92 Å². The maximum absolute atomic E-state index is 11.9. The molecular formula is C11H20N2O3. The van der Waals surface area contributed by atoms with Gasteiger partial charge in [-0.1, -0.05) is 6.92 Å². The summed E-state index contributed by atoms with van der Waals surface area (Å²) in [4.78, 5) is 22.9. The summed E-state index contributed by atoms with van der Waals surface area (Å²) in [7, 11) is 0. The quantitative estimate of drug-likeness (QED) is 0.649. The van der Waals surface area contributed by atoms with Crippen LogP contribution in [0.2, 0.25) is 0 Å². The van der Waals surface area contributed by atoms with Crippen molar-refractivity contribution in [3.63, 3.8) is 0 Å². The fourth-order valence-electron chi connectivity index (χ4n) is 1.74. The van der Waals surface area contributed by atoms with E-state index in [0.717, 1.165) is 19.4 Å². The number of hydrogen-bond donors (Lipinski definition) is 3. The maximum Gasteiger partial charge on any atom is 0.329 e. The number of amides is 1. The summed E-state index contributed by atoms with van der Waals surface area (Å²) >= 11 is 0. The van der Waals surface area contributed by atoms with Crippen molar-refractivity contribution in [1.82, 2.24) is 10.6 Å². The predicted molar refractivity (Wildman–Crippen MR) is 60.1 cm³/mol. The molecule has 5 nitrogen and oxygen atoms in total. The third-order valence-corrected chi connectivity index (χ3v) is 3.25. The van der Waals surface area contributed by atoms with E-state index < -0.39 is 11.5 Å². The van der Waals surface area contributed by atoms with Crippen LogP contribution < -0.4 is 10.6 Å². The molecule has 0 aliphatic carbocycles. The normalized spacial score (nSPS) is 24.5. The Labute approximate surface area is 95.6 Å². The van der Waals surface area contributed by atoms with Gasteiger partial charge in [-0.3, -0.25) is 4.79 Å². The second kappa shape index (κ2) is 5.30. The maximum atomic E-state index is 11.9. The van der Waals surface area contributed by atoms with Crippen molar-refractivity contribution >= 4 is 11.9 Å². The van der Waals surface area contributed by atoms with Gasteiger partial charge in [0.15, 0.2) is 0 Å². The molecule has 92 valence electrons. The minimum atomic E-state index is -1.14. The van der Waals surface area contributed by atoms with Gasteiger partial charge in [0.1, 0.15) is 5.54 Å². The molecule has 0 spiro atoms. The van der Waals surface area contributed by atoms with Crippen LogP contribution in [0.5, 0.6) is 0 Å². The average Bonchev–Trinajstić information content (AvgIpc) is 2.29. The molecule has 1 aliphatic rings. The molecule has 1 fully saturated rings. The van der Waals surface area contributed by atoms with Crippen LogP contribution in [0, 0.1) is 5.92 Å². The van der Waals surface area contributed by atoms with Gasteiger partial charge in [0.25, 0.3) is 0 Å². The highest BCUT2D eigenvalue weighted by Crippen LogP contribution is 2.14. The van der Waals surface area contributed by atoms with Crippen LogP contribution in [0.4, 0.5) is 0 Å². The number of aliphatic carboxylic acids is 1. The Morgan fingerprint density at radius 2 is 2.25 bits per heavy atom. The number of carbonyl (C=O) groups excluding carboxylic acids is 1. The largest absolute Gasteiger partial charge is 0.480 e. The third-order valence-electron chi connectivity index (χ3n) is 3.25. The lowest BCUT2D eigenvalue weighted by Gasteiger charge is -2.29. The van der Waals surface area contributed by atoms with E-state index in [-0.39, 0.29) is 11.8 Å². The van der Waals surface area contributed by atoms with Crippen molar-refractivity contribution in [3.05, 3.63) is 0 Å². The molecule has 0 saturated carbocycles. The van der Waals surface area contributed by atoms with Crippen molar-refractivity contribution in [1.29, 1.82) is 0 Å². The first-order chi connectivity index (χ1) is 7.49. The highest BCUT2D eigenvalue weighted by atomic mass is 16.4. The van der Waals surface area contributed by atoms with Crippen molar-refractivity contribution in [3.8, 4) is 0 Å². The van der Waals surface area contributed by atoms with Gasteiger partial charge in [-0.05, 0) is 32.7 Å². The van der Waals surface area contributed by atoms with E-state index in [0.29, 0.717) is 13.0 Å². The average molecular weight is 228 g/mol. The van der Waals surface area contributed by atoms with E-state index >= 15 is 0 Å². The minimum Gasteiger partial charge on any atom is -0.480 e. The number of nitrogens with one attached hydrogen (secondary N) is 2. The molecule has 2 atom stereocenters.